The normalized spacial score (nSPS) is 19.2. The number of carbonyl (C=O) groups is 8. The maximum absolute atomic E-state index is 13.0. The van der Waals surface area contributed by atoms with E-state index >= 15 is 0 Å². The van der Waals surface area contributed by atoms with Gasteiger partial charge in [-0.2, -0.15) is 12.6 Å². The van der Waals surface area contributed by atoms with Crippen molar-refractivity contribution in [3.63, 3.8) is 0 Å². The Morgan fingerprint density at radius 3 is 2.02 bits per heavy atom. The number of aliphatic hydroxyl groups is 1. The first kappa shape index (κ1) is 39.0. The van der Waals surface area contributed by atoms with E-state index in [1.807, 2.05) is 0 Å². The summed E-state index contributed by atoms with van der Waals surface area (Å²) in [5.74, 6) is -7.89. The highest BCUT2D eigenvalue weighted by atomic mass is 32.1. The Morgan fingerprint density at radius 2 is 1.51 bits per heavy atom. The third-order valence-corrected chi connectivity index (χ3v) is 7.32. The van der Waals surface area contributed by atoms with Gasteiger partial charge >= 0.3 is 5.97 Å². The number of carboxylic acids is 1. The van der Waals surface area contributed by atoms with Crippen LogP contribution < -0.4 is 43.8 Å². The molecule has 254 valence electrons. The molecule has 0 bridgehead atoms. The van der Waals surface area contributed by atoms with Crippen LogP contribution >= 0.6 is 12.6 Å². The molecule has 0 spiro atoms. The van der Waals surface area contributed by atoms with E-state index in [-0.39, 0.29) is 31.2 Å². The van der Waals surface area contributed by atoms with Crippen molar-refractivity contribution < 1.29 is 48.6 Å². The number of carboxylic acid groups (broad SMARTS) is 1. The molecule has 13 N–H and O–H groups in total. The van der Waals surface area contributed by atoms with E-state index in [1.165, 1.54) is 0 Å². The van der Waals surface area contributed by atoms with Crippen molar-refractivity contribution in [2.75, 3.05) is 31.9 Å². The van der Waals surface area contributed by atoms with Crippen LogP contribution in [0.15, 0.2) is 0 Å². The third kappa shape index (κ3) is 12.5. The summed E-state index contributed by atoms with van der Waals surface area (Å²) in [5.41, 5.74) is 16.0. The molecule has 20 heteroatoms. The number of amides is 7. The number of likely N-dealkylation sites (tertiary alicyclic amines) is 1. The first-order valence-corrected chi connectivity index (χ1v) is 14.7. The van der Waals surface area contributed by atoms with Crippen molar-refractivity contribution in [1.29, 1.82) is 0 Å². The van der Waals surface area contributed by atoms with Crippen molar-refractivity contribution in [2.24, 2.45) is 23.1 Å². The van der Waals surface area contributed by atoms with Crippen LogP contribution in [0.3, 0.4) is 0 Å². The lowest BCUT2D eigenvalue weighted by Gasteiger charge is -2.28. The highest BCUT2D eigenvalue weighted by Crippen LogP contribution is 2.20. The predicted molar refractivity (Wildman–Crippen MR) is 160 cm³/mol. The van der Waals surface area contributed by atoms with Gasteiger partial charge in [0.05, 0.1) is 31.7 Å². The molecule has 0 radical (unpaired) electrons. The molecule has 0 aromatic rings. The summed E-state index contributed by atoms with van der Waals surface area (Å²) in [6.07, 6.45) is -1.61. The van der Waals surface area contributed by atoms with Gasteiger partial charge in [0.15, 0.2) is 0 Å². The van der Waals surface area contributed by atoms with Crippen molar-refractivity contribution >= 4 is 59.9 Å². The topological polar surface area (TPSA) is 318 Å². The minimum atomic E-state index is -1.60. The Kier molecular flexibility index (Phi) is 16.2. The highest BCUT2D eigenvalue weighted by Gasteiger charge is 2.42. The summed E-state index contributed by atoms with van der Waals surface area (Å²) < 4.78 is 0. The van der Waals surface area contributed by atoms with E-state index in [9.17, 15) is 48.6 Å². The van der Waals surface area contributed by atoms with E-state index in [4.69, 9.17) is 17.2 Å². The summed E-state index contributed by atoms with van der Waals surface area (Å²) >= 11 is 4.03. The Balaban J connectivity index is 2.83. The molecule has 45 heavy (non-hydrogen) atoms. The highest BCUT2D eigenvalue weighted by molar-refractivity contribution is 7.80. The van der Waals surface area contributed by atoms with Crippen molar-refractivity contribution in [2.45, 2.75) is 69.4 Å². The molecule has 0 saturated carbocycles. The molecular weight excluding hydrogens is 618 g/mol. The standard InChI is InChI=1S/C25H43N9O10S/c1-3-11(2)20(33-19(38)8-29-21(39)13(27)6-26)23(41)30-7-18(37)31-15(10-45)22(40)32-14(5-17(28)36)24(42)34-9-12(35)4-16(34)25(43)44/h11-16,20,35,45H,3-10,26-27H2,1-2H3,(H2,28,36)(H,29,39)(H,30,41)(H,31,37)(H,32,40)(H,33,38)(H,43,44)/t11-,12+,13-,14-,15-,16-,20-/m0/s1. The molecule has 1 saturated heterocycles. The summed E-state index contributed by atoms with van der Waals surface area (Å²) in [4.78, 5) is 99.5. The van der Waals surface area contributed by atoms with Crippen molar-refractivity contribution in [1.82, 2.24) is 31.5 Å². The van der Waals surface area contributed by atoms with Crippen molar-refractivity contribution in [3.8, 4) is 0 Å². The molecule has 0 unspecified atom stereocenters. The Labute approximate surface area is 264 Å². The van der Waals surface area contributed by atoms with Gasteiger partial charge in [0.2, 0.25) is 41.4 Å². The Hall–Kier alpha value is -4.01. The third-order valence-electron chi connectivity index (χ3n) is 6.95. The van der Waals surface area contributed by atoms with Gasteiger partial charge in [0, 0.05) is 25.3 Å². The quantitative estimate of drug-likeness (QED) is 0.0612. The minimum absolute atomic E-state index is 0.133. The fourth-order valence-corrected chi connectivity index (χ4v) is 4.47. The fraction of sp³-hybridized carbons (Fsp3) is 0.680. The summed E-state index contributed by atoms with van der Waals surface area (Å²) in [5, 5.41) is 31.0. The van der Waals surface area contributed by atoms with Gasteiger partial charge in [-0.15, -0.1) is 0 Å². The fourth-order valence-electron chi connectivity index (χ4n) is 4.21. The van der Waals surface area contributed by atoms with Gasteiger partial charge < -0.3 is 58.9 Å². The van der Waals surface area contributed by atoms with Crippen LogP contribution in [0.5, 0.6) is 0 Å². The van der Waals surface area contributed by atoms with E-state index < -0.39 is 103 Å². The molecule has 1 aliphatic heterocycles. The predicted octanol–water partition coefficient (Wildman–Crippen LogP) is -6.14. The van der Waals surface area contributed by atoms with Crippen LogP contribution in [-0.4, -0.2) is 131 Å². The largest absolute Gasteiger partial charge is 0.480 e. The zero-order chi connectivity index (χ0) is 34.4. The van der Waals surface area contributed by atoms with Gasteiger partial charge in [-0.1, -0.05) is 20.3 Å². The van der Waals surface area contributed by atoms with Gasteiger partial charge in [-0.05, 0) is 5.92 Å². The average molecular weight is 662 g/mol. The molecule has 1 heterocycles. The molecule has 19 nitrogen and oxygen atoms in total. The number of hydrogen-bond acceptors (Lipinski definition) is 12. The number of aliphatic hydroxyl groups excluding tert-OH is 1. The van der Waals surface area contributed by atoms with Crippen LogP contribution in [0.1, 0.15) is 33.1 Å². The molecular formula is C25H43N9O10S. The molecule has 7 atom stereocenters. The SMILES string of the molecule is CC[C@H](C)[C@H](NC(=O)CNC(=O)[C@@H](N)CN)C(=O)NCC(=O)N[C@@H](CS)C(=O)N[C@@H](CC(N)=O)C(=O)N1C[C@H](O)C[C@H]1C(=O)O. The average Bonchev–Trinajstić information content (AvgIpc) is 3.39. The van der Waals surface area contributed by atoms with Gasteiger partial charge in [-0.25, -0.2) is 4.79 Å². The second-order valence-corrected chi connectivity index (χ2v) is 10.8. The molecule has 7 amide bonds. The molecule has 0 aromatic heterocycles. The number of aliphatic carboxylic acids is 1. The number of nitrogens with two attached hydrogens (primary N) is 3. The smallest absolute Gasteiger partial charge is 0.326 e. The lowest BCUT2D eigenvalue weighted by Crippen LogP contribution is -2.58. The van der Waals surface area contributed by atoms with Crippen LogP contribution in [-0.2, 0) is 38.4 Å². The molecule has 1 fully saturated rings. The second kappa shape index (κ2) is 18.7. The number of hydrogen-bond donors (Lipinski definition) is 11. The summed E-state index contributed by atoms with van der Waals surface area (Å²) in [7, 11) is 0. The number of β-amino-alcohol motifs (C(OH)–C–C–N with tert-alkyl or cyclic N) is 1. The van der Waals surface area contributed by atoms with E-state index in [0.717, 1.165) is 4.90 Å². The number of rotatable bonds is 18. The van der Waals surface area contributed by atoms with Crippen molar-refractivity contribution in [3.05, 3.63) is 0 Å². The van der Waals surface area contributed by atoms with E-state index in [1.54, 1.807) is 13.8 Å². The van der Waals surface area contributed by atoms with Gasteiger partial charge in [0.25, 0.3) is 0 Å². The molecule has 0 aliphatic carbocycles. The number of primary amides is 1. The maximum atomic E-state index is 13.0. The second-order valence-electron chi connectivity index (χ2n) is 10.5. The monoisotopic (exact) mass is 661 g/mol. The first-order valence-electron chi connectivity index (χ1n) is 14.1. The van der Waals surface area contributed by atoms with Crippen LogP contribution in [0.2, 0.25) is 0 Å². The Bertz CT molecular complexity index is 1130. The lowest BCUT2D eigenvalue weighted by atomic mass is 9.98. The zero-order valence-corrected chi connectivity index (χ0v) is 25.9. The lowest BCUT2D eigenvalue weighted by molar-refractivity contribution is -0.149. The van der Waals surface area contributed by atoms with Crippen LogP contribution in [0, 0.1) is 5.92 Å². The maximum Gasteiger partial charge on any atom is 0.326 e. The number of nitrogens with one attached hydrogen (secondary N) is 5. The minimum Gasteiger partial charge on any atom is -0.480 e. The Morgan fingerprint density at radius 1 is 0.933 bits per heavy atom. The molecule has 1 aliphatic rings. The zero-order valence-electron chi connectivity index (χ0n) is 25.0. The van der Waals surface area contributed by atoms with E-state index in [2.05, 4.69) is 39.2 Å². The van der Waals surface area contributed by atoms with Gasteiger partial charge in [0.1, 0.15) is 24.2 Å². The number of carbonyl (C=O) groups excluding carboxylic acids is 7. The van der Waals surface area contributed by atoms with Crippen LogP contribution in [0.4, 0.5) is 0 Å². The number of nitrogens with zero attached hydrogens (tertiary/aromatic N) is 1. The van der Waals surface area contributed by atoms with E-state index in [0.29, 0.717) is 6.42 Å². The van der Waals surface area contributed by atoms with Crippen LogP contribution in [0.25, 0.3) is 0 Å². The summed E-state index contributed by atoms with van der Waals surface area (Å²) in [6, 6.07) is -6.45. The summed E-state index contributed by atoms with van der Waals surface area (Å²) in [6.45, 7) is 1.87. The van der Waals surface area contributed by atoms with Gasteiger partial charge in [-0.3, -0.25) is 33.6 Å². The molecule has 1 rings (SSSR count). The first-order chi connectivity index (χ1) is 21.1. The molecule has 0 aromatic carbocycles. The number of thiol groups is 1.